The van der Waals surface area contributed by atoms with Crippen LogP contribution in [0.3, 0.4) is 0 Å². The van der Waals surface area contributed by atoms with Crippen molar-refractivity contribution < 1.29 is 9.53 Å². The van der Waals surface area contributed by atoms with Crippen LogP contribution in [0, 0.1) is 13.8 Å². The number of nitrogens with one attached hydrogen (secondary N) is 1. The molecule has 1 amide bonds. The summed E-state index contributed by atoms with van der Waals surface area (Å²) in [7, 11) is 0. The summed E-state index contributed by atoms with van der Waals surface area (Å²) in [5.74, 6) is 1.67. The third kappa shape index (κ3) is 6.02. The van der Waals surface area contributed by atoms with Crippen LogP contribution in [0.15, 0.2) is 71.2 Å². The van der Waals surface area contributed by atoms with Crippen LogP contribution in [0.25, 0.3) is 11.0 Å². The smallest absolute Gasteiger partial charge is 0.257 e. The van der Waals surface area contributed by atoms with Crippen LogP contribution in [-0.2, 0) is 17.8 Å². The topological polar surface area (TPSA) is 56.1 Å². The van der Waals surface area contributed by atoms with Gasteiger partial charge in [-0.05, 0) is 67.3 Å². The van der Waals surface area contributed by atoms with Gasteiger partial charge in [-0.25, -0.2) is 4.98 Å². The minimum absolute atomic E-state index is 0.0195. The highest BCUT2D eigenvalue weighted by Crippen LogP contribution is 2.21. The number of amides is 1. The van der Waals surface area contributed by atoms with Gasteiger partial charge in [-0.3, -0.25) is 4.79 Å². The Kier molecular flexibility index (Phi) is 7.45. The molecule has 0 radical (unpaired) electrons. The van der Waals surface area contributed by atoms with E-state index in [0.717, 1.165) is 57.6 Å². The predicted molar refractivity (Wildman–Crippen MR) is 136 cm³/mol. The van der Waals surface area contributed by atoms with E-state index >= 15 is 0 Å². The number of hydrogen-bond donors (Lipinski definition) is 1. The first-order valence-electron chi connectivity index (χ1n) is 11.1. The van der Waals surface area contributed by atoms with Gasteiger partial charge in [-0.15, -0.1) is 0 Å². The number of aryl methyl sites for hydroxylation is 3. The van der Waals surface area contributed by atoms with E-state index in [1.165, 1.54) is 5.56 Å². The molecule has 0 aliphatic carbocycles. The van der Waals surface area contributed by atoms with Crippen LogP contribution >= 0.6 is 15.9 Å². The van der Waals surface area contributed by atoms with Crippen LogP contribution in [0.2, 0.25) is 0 Å². The molecule has 0 atom stereocenters. The standard InChI is InChI=1S/C27H28BrN3O2/c1-19-12-13-20(2)25(15-19)33-18-27(32)29-14-6-11-26-30-23-9-3-4-10-24(23)31(26)17-21-7-5-8-22(28)16-21/h3-5,7-10,12-13,15-16H,6,11,14,17-18H2,1-2H3,(H,29,32). The highest BCUT2D eigenvalue weighted by molar-refractivity contribution is 9.10. The fourth-order valence-corrected chi connectivity index (χ4v) is 4.29. The second-order valence-corrected chi connectivity index (χ2v) is 9.16. The van der Waals surface area contributed by atoms with E-state index in [0.29, 0.717) is 6.54 Å². The summed E-state index contributed by atoms with van der Waals surface area (Å²) in [6.45, 7) is 5.34. The van der Waals surface area contributed by atoms with E-state index in [-0.39, 0.29) is 12.5 Å². The van der Waals surface area contributed by atoms with E-state index in [2.05, 4.69) is 44.0 Å². The Morgan fingerprint density at radius 2 is 1.91 bits per heavy atom. The first-order valence-corrected chi connectivity index (χ1v) is 11.9. The van der Waals surface area contributed by atoms with E-state index < -0.39 is 0 Å². The summed E-state index contributed by atoms with van der Waals surface area (Å²) in [6.07, 6.45) is 1.58. The number of nitrogens with zero attached hydrogens (tertiary/aromatic N) is 2. The van der Waals surface area contributed by atoms with Gasteiger partial charge in [0.25, 0.3) is 5.91 Å². The molecule has 170 valence electrons. The molecule has 1 N–H and O–H groups in total. The van der Waals surface area contributed by atoms with Crippen LogP contribution < -0.4 is 10.1 Å². The van der Waals surface area contributed by atoms with Gasteiger partial charge in [-0.1, -0.05) is 52.3 Å². The molecule has 4 aromatic rings. The molecule has 0 saturated heterocycles. The van der Waals surface area contributed by atoms with E-state index in [9.17, 15) is 4.79 Å². The lowest BCUT2D eigenvalue weighted by Gasteiger charge is -2.11. The summed E-state index contributed by atoms with van der Waals surface area (Å²) in [6, 6.07) is 22.5. The second kappa shape index (κ2) is 10.7. The van der Waals surface area contributed by atoms with Crippen LogP contribution in [-0.4, -0.2) is 28.6 Å². The van der Waals surface area contributed by atoms with E-state index in [1.54, 1.807) is 0 Å². The molecule has 5 nitrogen and oxygen atoms in total. The highest BCUT2D eigenvalue weighted by atomic mass is 79.9. The molecule has 0 aliphatic heterocycles. The Morgan fingerprint density at radius 3 is 2.76 bits per heavy atom. The third-order valence-corrected chi connectivity index (χ3v) is 6.06. The van der Waals surface area contributed by atoms with E-state index in [4.69, 9.17) is 9.72 Å². The minimum atomic E-state index is -0.112. The van der Waals surface area contributed by atoms with Crippen molar-refractivity contribution in [2.45, 2.75) is 33.2 Å². The van der Waals surface area contributed by atoms with Gasteiger partial charge < -0.3 is 14.6 Å². The number of halogens is 1. The minimum Gasteiger partial charge on any atom is -0.483 e. The number of ether oxygens (including phenoxy) is 1. The number of rotatable bonds is 9. The van der Waals surface area contributed by atoms with Crippen LogP contribution in [0.1, 0.15) is 28.9 Å². The van der Waals surface area contributed by atoms with Crippen molar-refractivity contribution in [1.29, 1.82) is 0 Å². The van der Waals surface area contributed by atoms with Gasteiger partial charge in [0.15, 0.2) is 6.61 Å². The second-order valence-electron chi connectivity index (χ2n) is 8.24. The first kappa shape index (κ1) is 23.1. The summed E-state index contributed by atoms with van der Waals surface area (Å²) in [4.78, 5) is 17.1. The molecule has 6 heteroatoms. The van der Waals surface area contributed by atoms with Gasteiger partial charge >= 0.3 is 0 Å². The van der Waals surface area contributed by atoms with Gasteiger partial charge in [0.1, 0.15) is 11.6 Å². The monoisotopic (exact) mass is 505 g/mol. The maximum absolute atomic E-state index is 12.2. The number of fused-ring (bicyclic) bond motifs is 1. The lowest BCUT2D eigenvalue weighted by molar-refractivity contribution is -0.123. The number of carbonyl (C=O) groups is 1. The average molecular weight is 506 g/mol. The van der Waals surface area contributed by atoms with Crippen molar-refractivity contribution in [3.8, 4) is 5.75 Å². The Labute approximate surface area is 202 Å². The molecule has 1 aromatic heterocycles. The number of imidazole rings is 1. The summed E-state index contributed by atoms with van der Waals surface area (Å²) in [5, 5.41) is 2.96. The molecule has 33 heavy (non-hydrogen) atoms. The van der Waals surface area contributed by atoms with Crippen molar-refractivity contribution in [3.05, 3.63) is 93.7 Å². The Bertz CT molecular complexity index is 1270. The first-order chi connectivity index (χ1) is 16.0. The summed E-state index contributed by atoms with van der Waals surface area (Å²) < 4.78 is 9.03. The molecule has 0 bridgehead atoms. The van der Waals surface area contributed by atoms with Crippen molar-refractivity contribution in [1.82, 2.24) is 14.9 Å². The Morgan fingerprint density at radius 1 is 1.06 bits per heavy atom. The lowest BCUT2D eigenvalue weighted by Crippen LogP contribution is -2.30. The number of carbonyl (C=O) groups excluding carboxylic acids is 1. The van der Waals surface area contributed by atoms with Gasteiger partial charge in [-0.2, -0.15) is 0 Å². The zero-order valence-electron chi connectivity index (χ0n) is 19.0. The SMILES string of the molecule is Cc1ccc(C)c(OCC(=O)NCCCc2nc3ccccc3n2Cc2cccc(Br)c2)c1. The average Bonchev–Trinajstić information content (AvgIpc) is 3.14. The summed E-state index contributed by atoms with van der Waals surface area (Å²) >= 11 is 3.56. The third-order valence-electron chi connectivity index (χ3n) is 5.57. The number of para-hydroxylation sites is 2. The van der Waals surface area contributed by atoms with Crippen molar-refractivity contribution in [3.63, 3.8) is 0 Å². The molecule has 0 spiro atoms. The van der Waals surface area contributed by atoms with Gasteiger partial charge in [0.2, 0.25) is 0 Å². The molecular formula is C27H28BrN3O2. The lowest BCUT2D eigenvalue weighted by atomic mass is 10.1. The van der Waals surface area contributed by atoms with Crippen LogP contribution in [0.5, 0.6) is 5.75 Å². The molecule has 0 unspecified atom stereocenters. The number of benzene rings is 3. The van der Waals surface area contributed by atoms with Crippen molar-refractivity contribution >= 4 is 32.9 Å². The van der Waals surface area contributed by atoms with E-state index in [1.807, 2.05) is 62.4 Å². The normalized spacial score (nSPS) is 11.0. The zero-order chi connectivity index (χ0) is 23.2. The summed E-state index contributed by atoms with van der Waals surface area (Å²) in [5.41, 5.74) is 5.47. The fraction of sp³-hybridized carbons (Fsp3) is 0.259. The Balaban J connectivity index is 1.34. The van der Waals surface area contributed by atoms with Crippen molar-refractivity contribution in [2.24, 2.45) is 0 Å². The molecule has 0 fully saturated rings. The molecule has 4 rings (SSSR count). The molecule has 1 heterocycles. The molecule has 0 aliphatic rings. The van der Waals surface area contributed by atoms with Crippen LogP contribution in [0.4, 0.5) is 0 Å². The molecule has 0 saturated carbocycles. The predicted octanol–water partition coefficient (Wildman–Crippen LogP) is 5.59. The zero-order valence-corrected chi connectivity index (χ0v) is 20.6. The highest BCUT2D eigenvalue weighted by Gasteiger charge is 2.12. The Hall–Kier alpha value is -3.12. The van der Waals surface area contributed by atoms with Crippen molar-refractivity contribution in [2.75, 3.05) is 13.2 Å². The largest absolute Gasteiger partial charge is 0.483 e. The quantitative estimate of drug-likeness (QED) is 0.301. The molecule has 3 aromatic carbocycles. The number of hydrogen-bond acceptors (Lipinski definition) is 3. The van der Waals surface area contributed by atoms with Gasteiger partial charge in [0.05, 0.1) is 11.0 Å². The number of aromatic nitrogens is 2. The van der Waals surface area contributed by atoms with Gasteiger partial charge in [0, 0.05) is 24.0 Å². The maximum atomic E-state index is 12.2. The molecular weight excluding hydrogens is 478 g/mol. The fourth-order valence-electron chi connectivity index (χ4n) is 3.84. The maximum Gasteiger partial charge on any atom is 0.257 e.